The predicted octanol–water partition coefficient (Wildman–Crippen LogP) is 1.64. The number of hydrogen-bond acceptors (Lipinski definition) is 10. The highest BCUT2D eigenvalue weighted by Crippen LogP contribution is 2.27. The second-order valence-corrected chi connectivity index (χ2v) is 12.2. The fraction of sp³-hybridized carbons (Fsp3) is 0.448. The number of morpholine rings is 1. The van der Waals surface area contributed by atoms with Crippen molar-refractivity contribution in [2.45, 2.75) is 44.2 Å². The van der Waals surface area contributed by atoms with E-state index < -0.39 is 41.9 Å². The number of nitrogens with one attached hydrogen (secondary N) is 1. The number of halogens is 1. The highest BCUT2D eigenvalue weighted by Gasteiger charge is 2.36. The molecule has 0 spiro atoms. The summed E-state index contributed by atoms with van der Waals surface area (Å²) in [7, 11) is 0. The Hall–Kier alpha value is -4.05. The molecule has 2 aliphatic rings. The molecule has 0 saturated carbocycles. The summed E-state index contributed by atoms with van der Waals surface area (Å²) in [6, 6.07) is 9.09. The molecule has 2 aliphatic heterocycles. The van der Waals surface area contributed by atoms with Gasteiger partial charge in [0.25, 0.3) is 11.8 Å². The molecule has 14 nitrogen and oxygen atoms in total. The zero-order valence-electron chi connectivity index (χ0n) is 24.4. The van der Waals surface area contributed by atoms with Crippen molar-refractivity contribution >= 4 is 69.9 Å². The highest BCUT2D eigenvalue weighted by molar-refractivity contribution is 7.18. The standard InChI is InChI=1S/C29H35ClN6O8S/c30-23-10-9-22(45-23)28(41)36(25(38)3-1-2-12-33-27(40)21(31)8-11-24(32)37)16-20-15-35(29(42)44-20)19-6-4-18(5-7-19)34-13-14-43-17-26(34)39/h4-7,9-10,20-21H,1-3,8,11-17,31H2,(H2,32,37)(H,33,40). The van der Waals surface area contributed by atoms with Crippen molar-refractivity contribution < 1.29 is 38.2 Å². The summed E-state index contributed by atoms with van der Waals surface area (Å²) < 4.78 is 11.1. The van der Waals surface area contributed by atoms with Crippen molar-refractivity contribution in [2.75, 3.05) is 49.2 Å². The van der Waals surface area contributed by atoms with Crippen molar-refractivity contribution in [3.05, 3.63) is 45.6 Å². The minimum absolute atomic E-state index is 0.000156. The molecule has 3 heterocycles. The van der Waals surface area contributed by atoms with Crippen LogP contribution in [0.15, 0.2) is 36.4 Å². The normalized spacial score (nSPS) is 17.2. The van der Waals surface area contributed by atoms with Crippen LogP contribution >= 0.6 is 22.9 Å². The molecule has 0 bridgehead atoms. The molecule has 1 aromatic carbocycles. The number of imide groups is 1. The van der Waals surface area contributed by atoms with Crippen LogP contribution in [0.25, 0.3) is 0 Å². The first-order valence-electron chi connectivity index (χ1n) is 14.4. The van der Waals surface area contributed by atoms with Gasteiger partial charge in [0.2, 0.25) is 17.7 Å². The van der Waals surface area contributed by atoms with Crippen LogP contribution in [0.1, 0.15) is 41.8 Å². The third-order valence-electron chi connectivity index (χ3n) is 7.20. The van der Waals surface area contributed by atoms with Crippen LogP contribution in [-0.2, 0) is 28.7 Å². The van der Waals surface area contributed by atoms with Gasteiger partial charge < -0.3 is 31.2 Å². The Morgan fingerprint density at radius 3 is 2.40 bits per heavy atom. The fourth-order valence-corrected chi connectivity index (χ4v) is 5.79. The van der Waals surface area contributed by atoms with Gasteiger partial charge in [-0.2, -0.15) is 0 Å². The number of thiophene rings is 1. The Bertz CT molecular complexity index is 1420. The van der Waals surface area contributed by atoms with Gasteiger partial charge >= 0.3 is 6.09 Å². The molecule has 242 valence electrons. The minimum atomic E-state index is -0.870. The first-order chi connectivity index (χ1) is 21.5. The molecular formula is C29H35ClN6O8S. The number of benzene rings is 1. The number of hydrogen-bond donors (Lipinski definition) is 3. The lowest BCUT2D eigenvalue weighted by molar-refractivity contribution is -0.129. The Kier molecular flexibility index (Phi) is 11.9. The molecule has 2 saturated heterocycles. The van der Waals surface area contributed by atoms with Gasteiger partial charge in [-0.25, -0.2) is 4.79 Å². The van der Waals surface area contributed by atoms with Crippen LogP contribution in [0.5, 0.6) is 0 Å². The molecule has 5 N–H and O–H groups in total. The van der Waals surface area contributed by atoms with E-state index >= 15 is 0 Å². The molecule has 45 heavy (non-hydrogen) atoms. The lowest BCUT2D eigenvalue weighted by Gasteiger charge is -2.27. The summed E-state index contributed by atoms with van der Waals surface area (Å²) >= 11 is 7.06. The number of carbonyl (C=O) groups excluding carboxylic acids is 6. The number of ether oxygens (including phenoxy) is 2. The van der Waals surface area contributed by atoms with Crippen molar-refractivity contribution in [3.63, 3.8) is 0 Å². The number of rotatable bonds is 14. The fourth-order valence-electron chi connectivity index (χ4n) is 4.80. The van der Waals surface area contributed by atoms with E-state index in [1.807, 2.05) is 0 Å². The number of primary amides is 1. The second-order valence-electron chi connectivity index (χ2n) is 10.5. The summed E-state index contributed by atoms with van der Waals surface area (Å²) in [5.74, 6) is -2.15. The van der Waals surface area contributed by atoms with E-state index in [0.29, 0.717) is 41.7 Å². The highest BCUT2D eigenvalue weighted by atomic mass is 35.5. The van der Waals surface area contributed by atoms with Gasteiger partial charge in [-0.05, 0) is 55.7 Å². The van der Waals surface area contributed by atoms with E-state index in [0.717, 1.165) is 16.2 Å². The van der Waals surface area contributed by atoms with E-state index in [2.05, 4.69) is 5.32 Å². The van der Waals surface area contributed by atoms with Gasteiger partial charge in [-0.3, -0.25) is 33.8 Å². The van der Waals surface area contributed by atoms with Gasteiger partial charge in [-0.15, -0.1) is 11.3 Å². The molecule has 2 atom stereocenters. The number of amides is 6. The second kappa shape index (κ2) is 15.8. The van der Waals surface area contributed by atoms with Crippen LogP contribution in [0, 0.1) is 0 Å². The average Bonchev–Trinajstić information content (AvgIpc) is 3.63. The number of nitrogens with zero attached hydrogens (tertiary/aromatic N) is 3. The first kappa shape index (κ1) is 33.8. The molecular weight excluding hydrogens is 628 g/mol. The predicted molar refractivity (Wildman–Crippen MR) is 166 cm³/mol. The lowest BCUT2D eigenvalue weighted by atomic mass is 10.1. The molecule has 2 aromatic rings. The molecule has 0 aliphatic carbocycles. The Morgan fingerprint density at radius 1 is 1.04 bits per heavy atom. The van der Waals surface area contributed by atoms with Crippen LogP contribution in [0.4, 0.5) is 16.2 Å². The first-order valence-corrected chi connectivity index (χ1v) is 15.6. The Balaban J connectivity index is 1.34. The molecule has 16 heteroatoms. The summed E-state index contributed by atoms with van der Waals surface area (Å²) in [5.41, 5.74) is 12.1. The largest absolute Gasteiger partial charge is 0.442 e. The van der Waals surface area contributed by atoms with Crippen molar-refractivity contribution in [2.24, 2.45) is 11.5 Å². The van der Waals surface area contributed by atoms with Gasteiger partial charge in [-0.1, -0.05) is 11.6 Å². The number of nitrogens with two attached hydrogens (primary N) is 2. The van der Waals surface area contributed by atoms with E-state index in [4.69, 9.17) is 32.5 Å². The van der Waals surface area contributed by atoms with Crippen molar-refractivity contribution in [3.8, 4) is 0 Å². The quantitative estimate of drug-likeness (QED) is 0.252. The Morgan fingerprint density at radius 2 is 1.76 bits per heavy atom. The molecule has 4 rings (SSSR count). The monoisotopic (exact) mass is 662 g/mol. The van der Waals surface area contributed by atoms with Gasteiger partial charge in [0.05, 0.1) is 35.0 Å². The van der Waals surface area contributed by atoms with Crippen LogP contribution in [-0.4, -0.2) is 92.1 Å². The third-order valence-corrected chi connectivity index (χ3v) is 8.42. The zero-order chi connectivity index (χ0) is 32.5. The maximum atomic E-state index is 13.4. The summed E-state index contributed by atoms with van der Waals surface area (Å²) in [5, 5.41) is 2.66. The third kappa shape index (κ3) is 9.23. The van der Waals surface area contributed by atoms with Gasteiger partial charge in [0, 0.05) is 37.3 Å². The van der Waals surface area contributed by atoms with Crippen molar-refractivity contribution in [1.82, 2.24) is 10.2 Å². The van der Waals surface area contributed by atoms with E-state index in [1.54, 1.807) is 35.2 Å². The average molecular weight is 663 g/mol. The maximum absolute atomic E-state index is 13.4. The van der Waals surface area contributed by atoms with E-state index in [9.17, 15) is 28.8 Å². The molecule has 6 amide bonds. The summed E-state index contributed by atoms with van der Waals surface area (Å²) in [6.07, 6.45) is -0.487. The lowest BCUT2D eigenvalue weighted by Crippen LogP contribution is -2.43. The van der Waals surface area contributed by atoms with Gasteiger partial charge in [0.15, 0.2) is 0 Å². The maximum Gasteiger partial charge on any atom is 0.414 e. The topological polar surface area (TPSA) is 195 Å². The molecule has 1 aromatic heterocycles. The van der Waals surface area contributed by atoms with E-state index in [1.165, 1.54) is 11.0 Å². The molecule has 0 radical (unpaired) electrons. The SMILES string of the molecule is NC(=O)CCC(N)C(=O)NCCCCC(=O)N(CC1CN(c2ccc(N3CCOCC3=O)cc2)C(=O)O1)C(=O)c1ccc(Cl)s1. The number of cyclic esters (lactones) is 1. The number of carbonyl (C=O) groups is 6. The molecule has 2 fully saturated rings. The van der Waals surface area contributed by atoms with Crippen LogP contribution in [0.3, 0.4) is 0 Å². The number of unbranched alkanes of at least 4 members (excludes halogenated alkanes) is 1. The van der Waals surface area contributed by atoms with E-state index in [-0.39, 0.29) is 56.3 Å². The smallest absolute Gasteiger partial charge is 0.414 e. The van der Waals surface area contributed by atoms with Crippen molar-refractivity contribution in [1.29, 1.82) is 0 Å². The number of anilines is 2. The van der Waals surface area contributed by atoms with Gasteiger partial charge in [0.1, 0.15) is 12.7 Å². The van der Waals surface area contributed by atoms with Crippen LogP contribution in [0.2, 0.25) is 4.34 Å². The summed E-state index contributed by atoms with van der Waals surface area (Å²) in [6.45, 7) is 1.06. The summed E-state index contributed by atoms with van der Waals surface area (Å²) in [4.78, 5) is 78.9. The zero-order valence-corrected chi connectivity index (χ0v) is 26.0. The minimum Gasteiger partial charge on any atom is -0.442 e. The Labute approximate surface area is 268 Å². The van der Waals surface area contributed by atoms with Crippen LogP contribution < -0.4 is 26.6 Å². The molecule has 2 unspecified atom stereocenters.